The first kappa shape index (κ1) is 15.7. The van der Waals surface area contributed by atoms with Crippen molar-refractivity contribution in [2.45, 2.75) is 49.9 Å². The number of morpholine rings is 1. The van der Waals surface area contributed by atoms with Gasteiger partial charge >= 0.3 is 0 Å². The van der Waals surface area contributed by atoms with Crippen molar-refractivity contribution in [3.05, 3.63) is 24.4 Å². The van der Waals surface area contributed by atoms with Crippen molar-refractivity contribution in [3.8, 4) is 5.88 Å². The van der Waals surface area contributed by atoms with Crippen LogP contribution in [-0.4, -0.2) is 53.1 Å². The minimum absolute atomic E-state index is 0.0887. The monoisotopic (exact) mass is 338 g/mol. The van der Waals surface area contributed by atoms with Gasteiger partial charge in [0.05, 0.1) is 12.6 Å². The Bertz CT molecular complexity index is 605. The van der Waals surface area contributed by atoms with E-state index in [2.05, 4.69) is 4.98 Å². The van der Waals surface area contributed by atoms with Crippen LogP contribution >= 0.6 is 0 Å². The number of fused-ring (bicyclic) bond motifs is 1. The predicted octanol–water partition coefficient (Wildman–Crippen LogP) is 2.26. The first-order chi connectivity index (χ1) is 11.5. The van der Waals surface area contributed by atoms with Crippen LogP contribution in [0.4, 0.5) is 8.78 Å². The zero-order valence-corrected chi connectivity index (χ0v) is 13.2. The van der Waals surface area contributed by atoms with Gasteiger partial charge in [0.2, 0.25) is 17.7 Å². The number of aromatic nitrogens is 1. The number of carbonyl (C=O) groups is 1. The maximum atomic E-state index is 13.1. The third-order valence-corrected chi connectivity index (χ3v) is 5.17. The first-order valence-corrected chi connectivity index (χ1v) is 8.41. The molecule has 7 heteroatoms. The SMILES string of the molecule is O=C(C1CC(F)(F)C1)N1CCO[C@H]2[C@@H](Oc3ccccn3)CC[C@@H]21. The van der Waals surface area contributed by atoms with E-state index in [0.29, 0.717) is 19.0 Å². The average Bonchev–Trinajstić information content (AvgIpc) is 2.96. The predicted molar refractivity (Wildman–Crippen MR) is 80.8 cm³/mol. The number of carbonyl (C=O) groups excluding carboxylic acids is 1. The van der Waals surface area contributed by atoms with Gasteiger partial charge in [0.15, 0.2) is 0 Å². The molecule has 2 aliphatic carbocycles. The Labute approximate surface area is 138 Å². The lowest BCUT2D eigenvalue weighted by atomic mass is 9.80. The Morgan fingerprint density at radius 2 is 2.17 bits per heavy atom. The summed E-state index contributed by atoms with van der Waals surface area (Å²) in [6.45, 7) is 0.885. The molecule has 0 unspecified atom stereocenters. The molecule has 4 rings (SSSR count). The number of hydrogen-bond donors (Lipinski definition) is 0. The molecule has 5 nitrogen and oxygen atoms in total. The van der Waals surface area contributed by atoms with Crippen LogP contribution in [0.15, 0.2) is 24.4 Å². The van der Waals surface area contributed by atoms with Gasteiger partial charge in [0.1, 0.15) is 12.2 Å². The van der Waals surface area contributed by atoms with E-state index < -0.39 is 11.8 Å². The fourth-order valence-electron chi connectivity index (χ4n) is 3.96. The molecule has 1 amide bonds. The molecule has 1 saturated heterocycles. The maximum absolute atomic E-state index is 13.1. The molecule has 1 aliphatic heterocycles. The molecule has 0 spiro atoms. The summed E-state index contributed by atoms with van der Waals surface area (Å²) in [6.07, 6.45) is 2.15. The second-order valence-electron chi connectivity index (χ2n) is 6.80. The largest absolute Gasteiger partial charge is 0.471 e. The van der Waals surface area contributed by atoms with Gasteiger partial charge in [-0.15, -0.1) is 0 Å². The van der Waals surface area contributed by atoms with E-state index in [9.17, 15) is 13.6 Å². The Morgan fingerprint density at radius 1 is 1.33 bits per heavy atom. The van der Waals surface area contributed by atoms with Crippen LogP contribution in [0.1, 0.15) is 25.7 Å². The minimum Gasteiger partial charge on any atom is -0.471 e. The summed E-state index contributed by atoms with van der Waals surface area (Å²) in [4.78, 5) is 18.5. The lowest BCUT2D eigenvalue weighted by molar-refractivity contribution is -0.172. The number of pyridine rings is 1. The van der Waals surface area contributed by atoms with Gasteiger partial charge in [-0.05, 0) is 18.9 Å². The van der Waals surface area contributed by atoms with E-state index in [1.54, 1.807) is 17.2 Å². The summed E-state index contributed by atoms with van der Waals surface area (Å²) >= 11 is 0. The Kier molecular flexibility index (Phi) is 3.90. The normalized spacial score (nSPS) is 32.1. The summed E-state index contributed by atoms with van der Waals surface area (Å²) in [5, 5.41) is 0. The van der Waals surface area contributed by atoms with Crippen molar-refractivity contribution in [2.75, 3.05) is 13.2 Å². The van der Waals surface area contributed by atoms with E-state index in [4.69, 9.17) is 9.47 Å². The van der Waals surface area contributed by atoms with Gasteiger partial charge in [0.25, 0.3) is 0 Å². The van der Waals surface area contributed by atoms with Gasteiger partial charge < -0.3 is 14.4 Å². The summed E-state index contributed by atoms with van der Waals surface area (Å²) in [5.41, 5.74) is 0. The Morgan fingerprint density at radius 3 is 2.88 bits per heavy atom. The standard InChI is InChI=1S/C17H20F2N2O3/c18-17(19)9-11(10-17)16(22)21-7-8-23-15-12(21)4-5-13(15)24-14-3-1-2-6-20-14/h1-3,6,11-13,15H,4-5,7-10H2/t12-,13-,15+/m0/s1. The number of alkyl halides is 2. The maximum Gasteiger partial charge on any atom is 0.249 e. The van der Waals surface area contributed by atoms with Crippen LogP contribution in [0, 0.1) is 5.92 Å². The second-order valence-corrected chi connectivity index (χ2v) is 6.80. The molecule has 3 atom stereocenters. The van der Waals surface area contributed by atoms with E-state index in [1.807, 2.05) is 12.1 Å². The van der Waals surface area contributed by atoms with Crippen LogP contribution in [0.3, 0.4) is 0 Å². The highest BCUT2D eigenvalue weighted by molar-refractivity contribution is 5.80. The molecule has 3 aliphatic rings. The fourth-order valence-corrected chi connectivity index (χ4v) is 3.96. The van der Waals surface area contributed by atoms with Crippen LogP contribution in [0.2, 0.25) is 0 Å². The van der Waals surface area contributed by atoms with Crippen molar-refractivity contribution < 1.29 is 23.0 Å². The fraction of sp³-hybridized carbons (Fsp3) is 0.647. The Balaban J connectivity index is 1.42. The highest BCUT2D eigenvalue weighted by atomic mass is 19.3. The highest BCUT2D eigenvalue weighted by Crippen LogP contribution is 2.44. The summed E-state index contributed by atoms with van der Waals surface area (Å²) in [7, 11) is 0. The molecule has 0 aromatic carbocycles. The lowest BCUT2D eigenvalue weighted by Gasteiger charge is -2.43. The smallest absolute Gasteiger partial charge is 0.249 e. The zero-order chi connectivity index (χ0) is 16.7. The minimum atomic E-state index is -2.67. The number of ether oxygens (including phenoxy) is 2. The summed E-state index contributed by atoms with van der Waals surface area (Å²) in [5.74, 6) is -2.84. The second kappa shape index (κ2) is 5.95. The van der Waals surface area contributed by atoms with Crippen LogP contribution in [0.25, 0.3) is 0 Å². The van der Waals surface area contributed by atoms with Gasteiger partial charge in [-0.2, -0.15) is 0 Å². The third-order valence-electron chi connectivity index (χ3n) is 5.17. The van der Waals surface area contributed by atoms with Gasteiger partial charge in [-0.25, -0.2) is 13.8 Å². The highest BCUT2D eigenvalue weighted by Gasteiger charge is 2.53. The summed E-state index contributed by atoms with van der Waals surface area (Å²) < 4.78 is 37.9. The van der Waals surface area contributed by atoms with Crippen molar-refractivity contribution in [1.82, 2.24) is 9.88 Å². The molecule has 0 radical (unpaired) electrons. The number of hydrogen-bond acceptors (Lipinski definition) is 4. The first-order valence-electron chi connectivity index (χ1n) is 8.41. The molecule has 2 heterocycles. The molecule has 2 saturated carbocycles. The number of halogens is 2. The number of rotatable bonds is 3. The molecule has 0 N–H and O–H groups in total. The molecule has 1 aromatic heterocycles. The van der Waals surface area contributed by atoms with E-state index in [1.165, 1.54) is 0 Å². The average molecular weight is 338 g/mol. The molecule has 1 aromatic rings. The van der Waals surface area contributed by atoms with Crippen molar-refractivity contribution in [1.29, 1.82) is 0 Å². The molecule has 3 fully saturated rings. The molecule has 130 valence electrons. The van der Waals surface area contributed by atoms with Crippen molar-refractivity contribution in [3.63, 3.8) is 0 Å². The molecular formula is C17H20F2N2O3. The van der Waals surface area contributed by atoms with E-state index in [0.717, 1.165) is 12.8 Å². The van der Waals surface area contributed by atoms with Crippen LogP contribution in [0.5, 0.6) is 5.88 Å². The van der Waals surface area contributed by atoms with Crippen molar-refractivity contribution >= 4 is 5.91 Å². The zero-order valence-electron chi connectivity index (χ0n) is 13.2. The van der Waals surface area contributed by atoms with Crippen LogP contribution in [-0.2, 0) is 9.53 Å². The van der Waals surface area contributed by atoms with Gasteiger partial charge in [-0.3, -0.25) is 4.79 Å². The number of amides is 1. The quantitative estimate of drug-likeness (QED) is 0.848. The van der Waals surface area contributed by atoms with E-state index in [-0.39, 0.29) is 37.0 Å². The lowest BCUT2D eigenvalue weighted by Crippen LogP contribution is -2.57. The van der Waals surface area contributed by atoms with Crippen molar-refractivity contribution in [2.24, 2.45) is 5.92 Å². The van der Waals surface area contributed by atoms with Gasteiger partial charge in [-0.1, -0.05) is 6.07 Å². The van der Waals surface area contributed by atoms with E-state index >= 15 is 0 Å². The van der Waals surface area contributed by atoms with Crippen LogP contribution < -0.4 is 4.74 Å². The molecule has 0 bridgehead atoms. The number of nitrogens with zero attached hydrogens (tertiary/aromatic N) is 2. The molecular weight excluding hydrogens is 318 g/mol. The van der Waals surface area contributed by atoms with Gasteiger partial charge in [0, 0.05) is 37.6 Å². The molecule has 24 heavy (non-hydrogen) atoms. The summed E-state index contributed by atoms with van der Waals surface area (Å²) in [6, 6.07) is 5.36. The topological polar surface area (TPSA) is 51.7 Å². The Hall–Kier alpha value is -1.76. The third kappa shape index (κ3) is 2.85.